The predicted octanol–water partition coefficient (Wildman–Crippen LogP) is 12.2. The molecule has 0 unspecified atom stereocenters. The van der Waals surface area contributed by atoms with Crippen LogP contribution >= 0.6 is 0 Å². The fraction of sp³-hybridized carbons (Fsp3) is 0.375. The Morgan fingerprint density at radius 3 is 1.02 bits per heavy atom. The third-order valence-corrected chi connectivity index (χ3v) is 10.2. The Hall–Kier alpha value is -4.30. The second-order valence-corrected chi connectivity index (χ2v) is 14.5. The number of hydrogen-bond donors (Lipinski definition) is 2. The van der Waals surface area contributed by atoms with Gasteiger partial charge >= 0.3 is 0 Å². The number of nitrogens with two attached hydrogens (primary N) is 2. The van der Waals surface area contributed by atoms with Gasteiger partial charge in [-0.3, -0.25) is 0 Å². The van der Waals surface area contributed by atoms with Crippen molar-refractivity contribution in [3.63, 3.8) is 0 Å². The molecule has 0 fully saturated rings. The molecule has 5 aromatic carbocycles. The summed E-state index contributed by atoms with van der Waals surface area (Å²) in [5.74, 6) is 0. The van der Waals surface area contributed by atoms with Crippen molar-refractivity contribution in [3.05, 3.63) is 165 Å². The average Bonchev–Trinajstić information content (AvgIpc) is 3.13. The molecule has 262 valence electrons. The number of aryl methyl sites for hydroxylation is 2. The van der Waals surface area contributed by atoms with Crippen LogP contribution in [0.4, 0.5) is 11.4 Å². The first kappa shape index (κ1) is 37.0. The third kappa shape index (κ3) is 11.9. The zero-order chi connectivity index (χ0) is 35.0. The normalized spacial score (nSPS) is 11.2. The standard InChI is InChI=1S/C48H60N2/c1-3-5-7-9-11-13-43-35-41(31-37-21-27-47(49)28-22-37)19-25-45(43)33-39-15-17-40(18-16-39)34-46-26-20-42(32-38-23-29-48(50)30-24-38)36-44(46)14-12-10-8-6-4-2/h15-30,35-36H,3-14,31-34,49-50H2,1-2H3. The molecule has 0 heterocycles. The molecule has 50 heavy (non-hydrogen) atoms. The van der Waals surface area contributed by atoms with Crippen molar-refractivity contribution in [1.82, 2.24) is 0 Å². The van der Waals surface area contributed by atoms with Crippen molar-refractivity contribution in [1.29, 1.82) is 0 Å². The van der Waals surface area contributed by atoms with Crippen molar-refractivity contribution in [2.24, 2.45) is 0 Å². The first-order valence-corrected chi connectivity index (χ1v) is 19.5. The van der Waals surface area contributed by atoms with Gasteiger partial charge in [-0.25, -0.2) is 0 Å². The summed E-state index contributed by atoms with van der Waals surface area (Å²) < 4.78 is 0. The molecule has 0 aromatic heterocycles. The minimum atomic E-state index is 0.824. The third-order valence-electron chi connectivity index (χ3n) is 10.2. The fourth-order valence-corrected chi connectivity index (χ4v) is 7.18. The Kier molecular flexibility index (Phi) is 14.6. The van der Waals surface area contributed by atoms with Crippen molar-refractivity contribution >= 4 is 11.4 Å². The van der Waals surface area contributed by atoms with Crippen molar-refractivity contribution in [3.8, 4) is 0 Å². The summed E-state index contributed by atoms with van der Waals surface area (Å²) in [4.78, 5) is 0. The zero-order valence-electron chi connectivity index (χ0n) is 30.9. The highest BCUT2D eigenvalue weighted by atomic mass is 14.5. The lowest BCUT2D eigenvalue weighted by Crippen LogP contribution is -2.01. The second kappa shape index (κ2) is 19.8. The van der Waals surface area contributed by atoms with Crippen LogP contribution in [0.25, 0.3) is 0 Å². The van der Waals surface area contributed by atoms with Gasteiger partial charge < -0.3 is 11.5 Å². The second-order valence-electron chi connectivity index (χ2n) is 14.5. The van der Waals surface area contributed by atoms with E-state index < -0.39 is 0 Å². The van der Waals surface area contributed by atoms with E-state index in [1.54, 1.807) is 0 Å². The van der Waals surface area contributed by atoms with Crippen LogP contribution in [0.15, 0.2) is 109 Å². The highest BCUT2D eigenvalue weighted by Gasteiger charge is 2.10. The van der Waals surface area contributed by atoms with Crippen LogP contribution in [0.1, 0.15) is 134 Å². The first-order chi connectivity index (χ1) is 24.5. The molecule has 0 atom stereocenters. The van der Waals surface area contributed by atoms with E-state index in [4.69, 9.17) is 11.5 Å². The fourth-order valence-electron chi connectivity index (χ4n) is 7.18. The van der Waals surface area contributed by atoms with Gasteiger partial charge in [-0.15, -0.1) is 0 Å². The van der Waals surface area contributed by atoms with E-state index >= 15 is 0 Å². The molecule has 2 heteroatoms. The number of unbranched alkanes of at least 4 members (excludes halogenated alkanes) is 8. The Morgan fingerprint density at radius 2 is 0.640 bits per heavy atom. The van der Waals surface area contributed by atoms with E-state index in [1.807, 2.05) is 24.3 Å². The van der Waals surface area contributed by atoms with Gasteiger partial charge in [0.05, 0.1) is 0 Å². The van der Waals surface area contributed by atoms with Crippen molar-refractivity contribution in [2.75, 3.05) is 11.5 Å². The molecule has 5 rings (SSSR count). The van der Waals surface area contributed by atoms with E-state index in [0.717, 1.165) is 49.9 Å². The molecule has 2 nitrogen and oxygen atoms in total. The van der Waals surface area contributed by atoms with Gasteiger partial charge in [-0.05, 0) is 131 Å². The van der Waals surface area contributed by atoms with E-state index in [2.05, 4.69) is 98.8 Å². The van der Waals surface area contributed by atoms with Gasteiger partial charge in [0.25, 0.3) is 0 Å². The molecule has 0 aliphatic rings. The molecule has 0 saturated carbocycles. The number of benzene rings is 5. The highest BCUT2D eigenvalue weighted by molar-refractivity contribution is 5.44. The van der Waals surface area contributed by atoms with Crippen molar-refractivity contribution in [2.45, 2.75) is 117 Å². The SMILES string of the molecule is CCCCCCCc1cc(Cc2ccc(N)cc2)ccc1Cc1ccc(Cc2ccc(Cc3ccc(N)cc3)cc2CCCCCCC)cc1. The molecular weight excluding hydrogens is 605 g/mol. The molecule has 0 aliphatic carbocycles. The molecule has 0 spiro atoms. The Balaban J connectivity index is 1.28. The van der Waals surface area contributed by atoms with Gasteiger partial charge in [0.15, 0.2) is 0 Å². The molecule has 0 aliphatic heterocycles. The maximum absolute atomic E-state index is 5.94. The van der Waals surface area contributed by atoms with E-state index in [1.165, 1.54) is 120 Å². The van der Waals surface area contributed by atoms with Crippen LogP contribution in [-0.2, 0) is 38.5 Å². The topological polar surface area (TPSA) is 52.0 Å². The lowest BCUT2D eigenvalue weighted by molar-refractivity contribution is 0.631. The zero-order valence-corrected chi connectivity index (χ0v) is 30.9. The molecule has 5 aromatic rings. The monoisotopic (exact) mass is 664 g/mol. The number of hydrogen-bond acceptors (Lipinski definition) is 2. The van der Waals surface area contributed by atoms with E-state index in [-0.39, 0.29) is 0 Å². The summed E-state index contributed by atoms with van der Waals surface area (Å²) in [7, 11) is 0. The summed E-state index contributed by atoms with van der Waals surface area (Å²) in [6, 6.07) is 40.5. The van der Waals surface area contributed by atoms with Crippen LogP contribution in [0.3, 0.4) is 0 Å². The predicted molar refractivity (Wildman–Crippen MR) is 217 cm³/mol. The van der Waals surface area contributed by atoms with Crippen molar-refractivity contribution < 1.29 is 0 Å². The largest absolute Gasteiger partial charge is 0.399 e. The summed E-state index contributed by atoms with van der Waals surface area (Å²) >= 11 is 0. The summed E-state index contributed by atoms with van der Waals surface area (Å²) in [5.41, 5.74) is 27.7. The lowest BCUT2D eigenvalue weighted by atomic mass is 9.91. The Morgan fingerprint density at radius 1 is 0.320 bits per heavy atom. The van der Waals surface area contributed by atoms with Crippen LogP contribution in [0.5, 0.6) is 0 Å². The van der Waals surface area contributed by atoms with E-state index in [9.17, 15) is 0 Å². The Bertz CT molecular complexity index is 1580. The number of rotatable bonds is 20. The van der Waals surface area contributed by atoms with Gasteiger partial charge in [0, 0.05) is 11.4 Å². The molecule has 0 amide bonds. The first-order valence-electron chi connectivity index (χ1n) is 19.5. The molecule has 0 bridgehead atoms. The Labute approximate surface area is 303 Å². The van der Waals surface area contributed by atoms with Gasteiger partial charge in [-0.2, -0.15) is 0 Å². The smallest absolute Gasteiger partial charge is 0.0314 e. The summed E-state index contributed by atoms with van der Waals surface area (Å²) in [6.45, 7) is 4.58. The maximum atomic E-state index is 5.94. The maximum Gasteiger partial charge on any atom is 0.0314 e. The quantitative estimate of drug-likeness (QED) is 0.0642. The van der Waals surface area contributed by atoms with Crippen LogP contribution in [0, 0.1) is 0 Å². The number of anilines is 2. The highest BCUT2D eigenvalue weighted by Crippen LogP contribution is 2.25. The minimum absolute atomic E-state index is 0.824. The number of nitrogen functional groups attached to an aromatic ring is 2. The average molecular weight is 665 g/mol. The van der Waals surface area contributed by atoms with Gasteiger partial charge in [0.2, 0.25) is 0 Å². The van der Waals surface area contributed by atoms with Gasteiger partial charge in [-0.1, -0.05) is 150 Å². The molecule has 4 N–H and O–H groups in total. The van der Waals surface area contributed by atoms with Crippen LogP contribution in [0.2, 0.25) is 0 Å². The molecular formula is C48H60N2. The minimum Gasteiger partial charge on any atom is -0.399 e. The van der Waals surface area contributed by atoms with Gasteiger partial charge in [0.1, 0.15) is 0 Å². The van der Waals surface area contributed by atoms with Crippen LogP contribution < -0.4 is 11.5 Å². The summed E-state index contributed by atoms with van der Waals surface area (Å²) in [5, 5.41) is 0. The lowest BCUT2D eigenvalue weighted by Gasteiger charge is -2.15. The van der Waals surface area contributed by atoms with E-state index in [0.29, 0.717) is 0 Å². The molecule has 0 radical (unpaired) electrons. The van der Waals surface area contributed by atoms with Crippen LogP contribution in [-0.4, -0.2) is 0 Å². The molecule has 0 saturated heterocycles. The summed E-state index contributed by atoms with van der Waals surface area (Å²) in [6.07, 6.45) is 19.2.